The van der Waals surface area contributed by atoms with Crippen LogP contribution in [0.4, 0.5) is 0 Å². The molecule has 0 aromatic carbocycles. The van der Waals surface area contributed by atoms with Gasteiger partial charge in [0, 0.05) is 4.48 Å². The van der Waals surface area contributed by atoms with Crippen LogP contribution in [0.3, 0.4) is 0 Å². The fourth-order valence-corrected chi connectivity index (χ4v) is 1.40. The second-order valence-electron chi connectivity index (χ2n) is 3.09. The predicted octanol–water partition coefficient (Wildman–Crippen LogP) is 4.28. The molecule has 0 bridgehead atoms. The molecule has 0 aliphatic carbocycles. The Kier molecular flexibility index (Phi) is 4.74. The van der Waals surface area contributed by atoms with Crippen LogP contribution in [0.1, 0.15) is 33.6 Å². The molecule has 0 aliphatic rings. The van der Waals surface area contributed by atoms with Gasteiger partial charge in [0.05, 0.1) is 0 Å². The van der Waals surface area contributed by atoms with Crippen molar-refractivity contribution in [1.29, 1.82) is 0 Å². The van der Waals surface area contributed by atoms with Crippen molar-refractivity contribution in [2.45, 2.75) is 33.6 Å². The lowest BCUT2D eigenvalue weighted by atomic mass is 9.84. The molecule has 0 atom stereocenters. The maximum absolute atomic E-state index is 3.70. The van der Waals surface area contributed by atoms with Crippen molar-refractivity contribution in [3.8, 4) is 0 Å². The number of halogens is 1. The van der Waals surface area contributed by atoms with E-state index in [1.807, 2.05) is 6.08 Å². The molecule has 0 fully saturated rings. The normalized spacial score (nSPS) is 13.3. The first-order valence-corrected chi connectivity index (χ1v) is 4.88. The van der Waals surface area contributed by atoms with E-state index < -0.39 is 0 Å². The Morgan fingerprint density at radius 1 is 1.45 bits per heavy atom. The Morgan fingerprint density at radius 3 is 2.18 bits per heavy atom. The van der Waals surface area contributed by atoms with E-state index in [1.54, 1.807) is 0 Å². The Balaban J connectivity index is 4.39. The molecule has 1 heteroatoms. The minimum Gasteiger partial charge on any atom is -0.0980 e. The lowest BCUT2D eigenvalue weighted by Crippen LogP contribution is -2.09. The minimum atomic E-state index is 0.326. The van der Waals surface area contributed by atoms with Gasteiger partial charge in [-0.1, -0.05) is 55.4 Å². The summed E-state index contributed by atoms with van der Waals surface area (Å²) < 4.78 is 1.10. The van der Waals surface area contributed by atoms with Gasteiger partial charge in [-0.2, -0.15) is 0 Å². The maximum atomic E-state index is 3.70. The zero-order valence-electron chi connectivity index (χ0n) is 7.65. The topological polar surface area (TPSA) is 0 Å². The van der Waals surface area contributed by atoms with E-state index in [-0.39, 0.29) is 0 Å². The molecule has 0 unspecified atom stereocenters. The predicted molar refractivity (Wildman–Crippen MR) is 55.9 cm³/mol. The third-order valence-corrected chi connectivity index (χ3v) is 2.85. The molecule has 0 aromatic heterocycles. The molecule has 0 aromatic rings. The van der Waals surface area contributed by atoms with Gasteiger partial charge in [-0.15, -0.1) is 0 Å². The Morgan fingerprint density at radius 2 is 1.91 bits per heavy atom. The quantitative estimate of drug-likeness (QED) is 0.616. The third kappa shape index (κ3) is 3.76. The second kappa shape index (κ2) is 4.76. The zero-order chi connectivity index (χ0) is 8.91. The lowest BCUT2D eigenvalue weighted by Gasteiger charge is -2.22. The summed E-state index contributed by atoms with van der Waals surface area (Å²) >= 11 is 3.44. The largest absolute Gasteiger partial charge is 0.0980 e. The smallest absolute Gasteiger partial charge is 0.0134 e. The number of allylic oxidation sites excluding steroid dienone is 3. The molecular weight excluding hydrogens is 200 g/mol. The van der Waals surface area contributed by atoms with Crippen LogP contribution in [0.2, 0.25) is 0 Å². The van der Waals surface area contributed by atoms with Crippen molar-refractivity contribution in [2.75, 3.05) is 0 Å². The summed E-state index contributed by atoms with van der Waals surface area (Å²) in [4.78, 5) is 0. The highest BCUT2D eigenvalue weighted by Gasteiger charge is 2.15. The van der Waals surface area contributed by atoms with Crippen LogP contribution in [0.15, 0.2) is 23.2 Å². The van der Waals surface area contributed by atoms with E-state index in [4.69, 9.17) is 0 Å². The molecule has 11 heavy (non-hydrogen) atoms. The summed E-state index contributed by atoms with van der Waals surface area (Å²) in [5.41, 5.74) is 0.326. The van der Waals surface area contributed by atoms with E-state index in [1.165, 1.54) is 12.8 Å². The van der Waals surface area contributed by atoms with Crippen molar-refractivity contribution in [3.63, 3.8) is 0 Å². The van der Waals surface area contributed by atoms with E-state index >= 15 is 0 Å². The van der Waals surface area contributed by atoms with Crippen LogP contribution in [-0.2, 0) is 0 Å². The van der Waals surface area contributed by atoms with Gasteiger partial charge in [-0.25, -0.2) is 0 Å². The Bertz CT molecular complexity index is 152. The van der Waals surface area contributed by atoms with E-state index in [9.17, 15) is 0 Å². The number of hydrogen-bond donors (Lipinski definition) is 0. The minimum absolute atomic E-state index is 0.326. The summed E-state index contributed by atoms with van der Waals surface area (Å²) in [6, 6.07) is 0. The lowest BCUT2D eigenvalue weighted by molar-refractivity contribution is 0.395. The summed E-state index contributed by atoms with van der Waals surface area (Å²) in [6.45, 7) is 10.4. The molecule has 0 radical (unpaired) electrons. The molecule has 0 amide bonds. The highest BCUT2D eigenvalue weighted by Crippen LogP contribution is 2.29. The van der Waals surface area contributed by atoms with Crippen LogP contribution in [0.5, 0.6) is 0 Å². The van der Waals surface area contributed by atoms with Crippen molar-refractivity contribution >= 4 is 15.9 Å². The first-order valence-electron chi connectivity index (χ1n) is 4.08. The molecule has 0 rings (SSSR count). The highest BCUT2D eigenvalue weighted by molar-refractivity contribution is 9.11. The Hall–Kier alpha value is -0.0400. The zero-order valence-corrected chi connectivity index (χ0v) is 9.24. The molecular formula is C10H17Br. The molecule has 0 spiro atoms. The molecule has 0 saturated carbocycles. The van der Waals surface area contributed by atoms with Gasteiger partial charge in [0.25, 0.3) is 0 Å². The van der Waals surface area contributed by atoms with Crippen LogP contribution in [-0.4, -0.2) is 0 Å². The first-order chi connectivity index (χ1) is 5.08. The van der Waals surface area contributed by atoms with Crippen LogP contribution < -0.4 is 0 Å². The average Bonchev–Trinajstić information content (AvgIpc) is 2.04. The summed E-state index contributed by atoms with van der Waals surface area (Å²) in [5.74, 6) is 0. The number of hydrogen-bond acceptors (Lipinski definition) is 0. The first kappa shape index (κ1) is 11.0. The highest BCUT2D eigenvalue weighted by atomic mass is 79.9. The van der Waals surface area contributed by atoms with E-state index in [2.05, 4.69) is 49.4 Å². The second-order valence-corrected chi connectivity index (χ2v) is 4.01. The SMILES string of the molecule is C=CC(Br)=CC(C)(CC)CC. The van der Waals surface area contributed by atoms with Crippen molar-refractivity contribution in [3.05, 3.63) is 23.2 Å². The van der Waals surface area contributed by atoms with Crippen molar-refractivity contribution in [2.24, 2.45) is 5.41 Å². The number of rotatable bonds is 4. The van der Waals surface area contributed by atoms with E-state index in [0.29, 0.717) is 5.41 Å². The molecule has 0 N–H and O–H groups in total. The molecule has 0 heterocycles. The molecule has 0 nitrogen and oxygen atoms in total. The summed E-state index contributed by atoms with van der Waals surface area (Å²) in [6.07, 6.45) is 6.42. The maximum Gasteiger partial charge on any atom is 0.0134 e. The van der Waals surface area contributed by atoms with Gasteiger partial charge in [-0.3, -0.25) is 0 Å². The third-order valence-electron chi connectivity index (χ3n) is 2.30. The summed E-state index contributed by atoms with van der Waals surface area (Å²) in [5, 5.41) is 0. The van der Waals surface area contributed by atoms with Gasteiger partial charge < -0.3 is 0 Å². The molecule has 0 aliphatic heterocycles. The van der Waals surface area contributed by atoms with Gasteiger partial charge in [0.2, 0.25) is 0 Å². The standard InChI is InChI=1S/C10H17Br/c1-5-9(11)8-10(4,6-2)7-3/h5,8H,1,6-7H2,2-4H3. The van der Waals surface area contributed by atoms with E-state index in [0.717, 1.165) is 4.48 Å². The van der Waals surface area contributed by atoms with Crippen LogP contribution >= 0.6 is 15.9 Å². The van der Waals surface area contributed by atoms with Gasteiger partial charge in [-0.05, 0) is 18.3 Å². The van der Waals surface area contributed by atoms with Gasteiger partial charge in [0.15, 0.2) is 0 Å². The summed E-state index contributed by atoms with van der Waals surface area (Å²) in [7, 11) is 0. The van der Waals surface area contributed by atoms with Crippen molar-refractivity contribution in [1.82, 2.24) is 0 Å². The molecule has 64 valence electrons. The van der Waals surface area contributed by atoms with Crippen LogP contribution in [0.25, 0.3) is 0 Å². The monoisotopic (exact) mass is 216 g/mol. The average molecular weight is 217 g/mol. The fraction of sp³-hybridized carbons (Fsp3) is 0.600. The molecule has 0 saturated heterocycles. The fourth-order valence-electron chi connectivity index (χ4n) is 0.846. The van der Waals surface area contributed by atoms with Gasteiger partial charge >= 0.3 is 0 Å². The van der Waals surface area contributed by atoms with Crippen LogP contribution in [0, 0.1) is 5.41 Å². The van der Waals surface area contributed by atoms with Crippen molar-refractivity contribution < 1.29 is 0 Å². The van der Waals surface area contributed by atoms with Gasteiger partial charge in [0.1, 0.15) is 0 Å². The Labute approximate surface area is 78.5 Å².